The standard InChI is InChI=1S/C24H21N2O2S/c1-28-22-15-9-8-14-20(22)25-16-21(18-10-4-2-5-11-18)26-23(25)29-17-24(26,27)19-12-6-3-7-13-19/h2-16,27H,17H2,1H3/q+1/t24-/m0/s1. The Balaban J connectivity index is 1.79. The van der Waals surface area contributed by atoms with Crippen LogP contribution in [0.1, 0.15) is 5.56 Å². The van der Waals surface area contributed by atoms with E-state index in [1.165, 1.54) is 0 Å². The number of rotatable bonds is 4. The molecule has 0 aliphatic carbocycles. The molecule has 1 aliphatic heterocycles. The number of fused-ring (bicyclic) bond motifs is 1. The first kappa shape index (κ1) is 18.0. The molecular weight excluding hydrogens is 380 g/mol. The number of hydrogen-bond acceptors (Lipinski definition) is 3. The van der Waals surface area contributed by atoms with Crippen LogP contribution in [0.5, 0.6) is 5.75 Å². The fourth-order valence-electron chi connectivity index (χ4n) is 3.90. The maximum Gasteiger partial charge on any atom is 0.326 e. The third-order valence-electron chi connectivity index (χ3n) is 5.31. The molecule has 0 unspecified atom stereocenters. The van der Waals surface area contributed by atoms with E-state index in [0.717, 1.165) is 33.4 Å². The van der Waals surface area contributed by atoms with Crippen molar-refractivity contribution in [3.63, 3.8) is 0 Å². The quantitative estimate of drug-likeness (QED) is 0.520. The highest BCUT2D eigenvalue weighted by atomic mass is 32.2. The van der Waals surface area contributed by atoms with E-state index < -0.39 is 5.72 Å². The van der Waals surface area contributed by atoms with Gasteiger partial charge in [0.25, 0.3) is 0 Å². The van der Waals surface area contributed by atoms with Crippen molar-refractivity contribution in [2.45, 2.75) is 10.9 Å². The van der Waals surface area contributed by atoms with Crippen LogP contribution in [0.25, 0.3) is 16.9 Å². The van der Waals surface area contributed by atoms with Crippen molar-refractivity contribution in [2.24, 2.45) is 0 Å². The van der Waals surface area contributed by atoms with Crippen LogP contribution in [0.4, 0.5) is 0 Å². The molecule has 1 aromatic heterocycles. The third-order valence-corrected chi connectivity index (χ3v) is 6.50. The highest BCUT2D eigenvalue weighted by Crippen LogP contribution is 2.43. The zero-order valence-electron chi connectivity index (χ0n) is 16.0. The summed E-state index contributed by atoms with van der Waals surface area (Å²) in [4.78, 5) is 0. The zero-order valence-corrected chi connectivity index (χ0v) is 16.8. The van der Waals surface area contributed by atoms with Gasteiger partial charge in [-0.15, -0.1) is 0 Å². The minimum atomic E-state index is -1.13. The van der Waals surface area contributed by atoms with Crippen LogP contribution in [-0.4, -0.2) is 22.5 Å². The number of aliphatic hydroxyl groups is 1. The van der Waals surface area contributed by atoms with Crippen molar-refractivity contribution in [2.75, 3.05) is 12.9 Å². The monoisotopic (exact) mass is 401 g/mol. The van der Waals surface area contributed by atoms with Gasteiger partial charge in [0, 0.05) is 11.1 Å². The van der Waals surface area contributed by atoms with Crippen molar-refractivity contribution >= 4 is 11.8 Å². The lowest BCUT2D eigenvalue weighted by Crippen LogP contribution is -2.35. The Labute approximate surface area is 174 Å². The predicted octanol–water partition coefficient (Wildman–Crippen LogP) is 4.24. The Morgan fingerprint density at radius 1 is 0.931 bits per heavy atom. The smallest absolute Gasteiger partial charge is 0.326 e. The van der Waals surface area contributed by atoms with E-state index in [4.69, 9.17) is 4.74 Å². The number of imidazole rings is 1. The average molecular weight is 402 g/mol. The molecule has 0 saturated heterocycles. The van der Waals surface area contributed by atoms with Crippen LogP contribution >= 0.6 is 11.8 Å². The van der Waals surface area contributed by atoms with Gasteiger partial charge in [0.1, 0.15) is 6.20 Å². The normalized spacial score (nSPS) is 17.9. The van der Waals surface area contributed by atoms with E-state index in [1.54, 1.807) is 18.9 Å². The number of hydrogen-bond donors (Lipinski definition) is 1. The summed E-state index contributed by atoms with van der Waals surface area (Å²) in [6.45, 7) is 0. The van der Waals surface area contributed by atoms with Gasteiger partial charge in [-0.05, 0) is 23.9 Å². The fraction of sp³-hybridized carbons (Fsp3) is 0.125. The highest BCUT2D eigenvalue weighted by Gasteiger charge is 2.50. The van der Waals surface area contributed by atoms with Crippen LogP contribution in [0.3, 0.4) is 0 Å². The maximum atomic E-state index is 11.8. The van der Waals surface area contributed by atoms with Gasteiger partial charge in [0.15, 0.2) is 17.1 Å². The summed E-state index contributed by atoms with van der Waals surface area (Å²) in [5.41, 5.74) is 2.72. The van der Waals surface area contributed by atoms with E-state index in [1.807, 2.05) is 72.8 Å². The predicted molar refractivity (Wildman–Crippen MR) is 114 cm³/mol. The molecule has 1 N–H and O–H groups in total. The van der Waals surface area contributed by atoms with Gasteiger partial charge in [-0.2, -0.15) is 9.13 Å². The van der Waals surface area contributed by atoms with E-state index in [2.05, 4.69) is 27.5 Å². The van der Waals surface area contributed by atoms with Gasteiger partial charge < -0.3 is 9.84 Å². The Bertz CT molecular complexity index is 1160. The minimum absolute atomic E-state index is 0.544. The van der Waals surface area contributed by atoms with E-state index in [0.29, 0.717) is 5.75 Å². The van der Waals surface area contributed by atoms with Crippen molar-refractivity contribution in [3.05, 3.63) is 96.7 Å². The molecule has 2 heterocycles. The van der Waals surface area contributed by atoms with Gasteiger partial charge >= 0.3 is 5.16 Å². The Kier molecular flexibility index (Phi) is 4.42. The molecule has 5 rings (SSSR count). The van der Waals surface area contributed by atoms with Crippen molar-refractivity contribution in [1.82, 2.24) is 4.57 Å². The third kappa shape index (κ3) is 2.85. The molecule has 0 radical (unpaired) electrons. The largest absolute Gasteiger partial charge is 0.492 e. The number of para-hydroxylation sites is 2. The minimum Gasteiger partial charge on any atom is -0.492 e. The molecule has 5 heteroatoms. The first-order valence-electron chi connectivity index (χ1n) is 9.50. The number of benzene rings is 3. The van der Waals surface area contributed by atoms with Crippen LogP contribution in [0.2, 0.25) is 0 Å². The number of aromatic nitrogens is 2. The lowest BCUT2D eigenvalue weighted by atomic mass is 10.0. The summed E-state index contributed by atoms with van der Waals surface area (Å²) < 4.78 is 9.78. The zero-order chi connectivity index (χ0) is 19.8. The van der Waals surface area contributed by atoms with Gasteiger partial charge in [0.05, 0.1) is 12.9 Å². The summed E-state index contributed by atoms with van der Waals surface area (Å²) in [5.74, 6) is 1.34. The average Bonchev–Trinajstić information content (AvgIpc) is 3.34. The molecule has 0 amide bonds. The van der Waals surface area contributed by atoms with Gasteiger partial charge in [-0.3, -0.25) is 0 Å². The van der Waals surface area contributed by atoms with E-state index in [9.17, 15) is 5.11 Å². The van der Waals surface area contributed by atoms with Crippen LogP contribution in [0.15, 0.2) is 96.3 Å². The second-order valence-corrected chi connectivity index (χ2v) is 7.95. The molecule has 29 heavy (non-hydrogen) atoms. The molecule has 0 saturated carbocycles. The lowest BCUT2D eigenvalue weighted by molar-refractivity contribution is -0.637. The summed E-state index contributed by atoms with van der Waals surface area (Å²) >= 11 is 1.65. The van der Waals surface area contributed by atoms with Crippen molar-refractivity contribution < 1.29 is 14.4 Å². The van der Waals surface area contributed by atoms with Gasteiger partial charge in [-0.1, -0.05) is 72.8 Å². The number of ether oxygens (including phenoxy) is 1. The molecule has 1 aliphatic rings. The topological polar surface area (TPSA) is 38.3 Å². The van der Waals surface area contributed by atoms with Gasteiger partial charge in [0.2, 0.25) is 5.72 Å². The number of nitrogens with zero attached hydrogens (tertiary/aromatic N) is 2. The second kappa shape index (κ2) is 7.10. The molecule has 0 bridgehead atoms. The first-order valence-corrected chi connectivity index (χ1v) is 10.5. The fourth-order valence-corrected chi connectivity index (χ4v) is 5.19. The summed E-state index contributed by atoms with van der Waals surface area (Å²) in [7, 11) is 1.68. The summed E-state index contributed by atoms with van der Waals surface area (Å²) in [5, 5.41) is 12.8. The van der Waals surface area contributed by atoms with Crippen LogP contribution < -0.4 is 9.30 Å². The van der Waals surface area contributed by atoms with E-state index in [-0.39, 0.29) is 0 Å². The molecule has 144 valence electrons. The molecule has 0 spiro atoms. The van der Waals surface area contributed by atoms with Crippen molar-refractivity contribution in [1.29, 1.82) is 0 Å². The summed E-state index contributed by atoms with van der Waals surface area (Å²) in [6, 6.07) is 28.0. The number of methoxy groups -OCH3 is 1. The second-order valence-electron chi connectivity index (χ2n) is 7.01. The molecule has 4 nitrogen and oxygen atoms in total. The van der Waals surface area contributed by atoms with Crippen LogP contribution in [0, 0.1) is 0 Å². The van der Waals surface area contributed by atoms with Crippen LogP contribution in [-0.2, 0) is 5.72 Å². The molecular formula is C24H21N2O2S+. The lowest BCUT2D eigenvalue weighted by Gasteiger charge is -2.21. The molecule has 0 fully saturated rings. The first-order chi connectivity index (χ1) is 14.2. The molecule has 3 aromatic carbocycles. The maximum absolute atomic E-state index is 11.8. The Morgan fingerprint density at radius 3 is 2.31 bits per heavy atom. The van der Waals surface area contributed by atoms with Gasteiger partial charge in [-0.25, -0.2) is 0 Å². The number of thioether (sulfide) groups is 1. The SMILES string of the molecule is COc1ccccc1-[n+]1cc(-c2ccccc2)n2c1SC[C@]2(O)c1ccccc1. The molecule has 4 aromatic rings. The molecule has 1 atom stereocenters. The Morgan fingerprint density at radius 2 is 1.59 bits per heavy atom. The summed E-state index contributed by atoms with van der Waals surface area (Å²) in [6.07, 6.45) is 2.09. The van der Waals surface area contributed by atoms with Crippen molar-refractivity contribution in [3.8, 4) is 22.7 Å². The van der Waals surface area contributed by atoms with E-state index >= 15 is 0 Å². The highest BCUT2D eigenvalue weighted by molar-refractivity contribution is 7.99. The Hall–Kier alpha value is -3.02.